The van der Waals surface area contributed by atoms with Crippen molar-refractivity contribution < 1.29 is 31.9 Å². The summed E-state index contributed by atoms with van der Waals surface area (Å²) in [6.45, 7) is 5.49. The maximum Gasteiger partial charge on any atom is 0.244 e. The fourth-order valence-corrected chi connectivity index (χ4v) is 4.14. The van der Waals surface area contributed by atoms with Crippen LogP contribution in [0.4, 0.5) is 27.6 Å². The quantitative estimate of drug-likeness (QED) is 0.302. The van der Waals surface area contributed by atoms with Crippen molar-refractivity contribution in [3.05, 3.63) is 93.8 Å². The maximum atomic E-state index is 15.1. The summed E-state index contributed by atoms with van der Waals surface area (Å²) in [6, 6.07) is 9.93. The van der Waals surface area contributed by atoms with Crippen molar-refractivity contribution in [2.45, 2.75) is 31.6 Å². The van der Waals surface area contributed by atoms with Crippen LogP contribution in [0.25, 0.3) is 0 Å². The van der Waals surface area contributed by atoms with Crippen LogP contribution in [0.3, 0.4) is 0 Å². The zero-order chi connectivity index (χ0) is 23.6. The Bertz CT molecular complexity index is 1250. The van der Waals surface area contributed by atoms with Gasteiger partial charge in [0.25, 0.3) is 0 Å². The van der Waals surface area contributed by atoms with Crippen LogP contribution in [0, 0.1) is 29.1 Å². The lowest BCUT2D eigenvalue weighted by atomic mass is 9.68. The third kappa shape index (κ3) is 2.82. The van der Waals surface area contributed by atoms with Crippen LogP contribution < -0.4 is 5.32 Å². The Balaban J connectivity index is 2.24. The van der Waals surface area contributed by atoms with E-state index in [-0.39, 0.29) is 16.8 Å². The van der Waals surface area contributed by atoms with Gasteiger partial charge in [0.15, 0.2) is 23.3 Å². The number of amides is 1. The SMILES string of the molecule is CC(C)(C)c1ccc(O)c(C2(c3c(F)c(F)c(F)c(F)c3F)C(=O)Nc3ccccc32)c1. The summed E-state index contributed by atoms with van der Waals surface area (Å²) in [6.07, 6.45) is 0. The normalized spacial score (nSPS) is 17.9. The van der Waals surface area contributed by atoms with Gasteiger partial charge < -0.3 is 10.4 Å². The molecule has 0 aromatic heterocycles. The number of para-hydroxylation sites is 1. The van der Waals surface area contributed by atoms with E-state index < -0.39 is 57.1 Å². The van der Waals surface area contributed by atoms with Crippen LogP contribution in [0.1, 0.15) is 43.0 Å². The Labute approximate surface area is 180 Å². The molecule has 4 rings (SSSR count). The minimum atomic E-state index is -2.52. The van der Waals surface area contributed by atoms with Gasteiger partial charge in [0.05, 0.1) is 5.56 Å². The number of rotatable bonds is 2. The molecule has 3 aromatic carbocycles. The molecule has 166 valence electrons. The van der Waals surface area contributed by atoms with E-state index in [1.165, 1.54) is 30.3 Å². The van der Waals surface area contributed by atoms with E-state index in [0.29, 0.717) is 5.56 Å². The molecule has 1 aliphatic rings. The second-order valence-electron chi connectivity index (χ2n) is 8.68. The third-order valence-corrected chi connectivity index (χ3v) is 5.77. The molecule has 1 aliphatic heterocycles. The highest BCUT2D eigenvalue weighted by atomic mass is 19.2. The molecule has 1 atom stereocenters. The number of hydrogen-bond acceptors (Lipinski definition) is 2. The molecular weight excluding hydrogens is 429 g/mol. The molecule has 1 unspecified atom stereocenters. The number of fused-ring (bicyclic) bond motifs is 1. The largest absolute Gasteiger partial charge is 0.508 e. The Morgan fingerprint density at radius 3 is 1.97 bits per heavy atom. The molecule has 0 spiro atoms. The van der Waals surface area contributed by atoms with Crippen LogP contribution in [0.2, 0.25) is 0 Å². The molecular formula is C24H18F5NO2. The van der Waals surface area contributed by atoms with Gasteiger partial charge in [-0.25, -0.2) is 22.0 Å². The van der Waals surface area contributed by atoms with Crippen molar-refractivity contribution >= 4 is 11.6 Å². The highest BCUT2D eigenvalue weighted by Crippen LogP contribution is 2.52. The van der Waals surface area contributed by atoms with Gasteiger partial charge in [-0.1, -0.05) is 45.0 Å². The average molecular weight is 447 g/mol. The fourth-order valence-electron chi connectivity index (χ4n) is 4.14. The first-order valence-corrected chi connectivity index (χ1v) is 9.69. The van der Waals surface area contributed by atoms with Gasteiger partial charge in [0, 0.05) is 16.8 Å². The lowest BCUT2D eigenvalue weighted by Gasteiger charge is -2.32. The van der Waals surface area contributed by atoms with Crippen LogP contribution >= 0.6 is 0 Å². The summed E-state index contributed by atoms with van der Waals surface area (Å²) < 4.78 is 72.6. The second kappa shape index (κ2) is 7.05. The Morgan fingerprint density at radius 2 is 1.38 bits per heavy atom. The molecule has 0 bridgehead atoms. The van der Waals surface area contributed by atoms with Gasteiger partial charge in [-0.2, -0.15) is 0 Å². The van der Waals surface area contributed by atoms with Gasteiger partial charge >= 0.3 is 0 Å². The maximum absolute atomic E-state index is 15.1. The Kier molecular flexibility index (Phi) is 4.80. The van der Waals surface area contributed by atoms with Crippen LogP contribution in [0.15, 0.2) is 42.5 Å². The molecule has 8 heteroatoms. The minimum absolute atomic E-state index is 0.0467. The summed E-state index contributed by atoms with van der Waals surface area (Å²) in [7, 11) is 0. The monoisotopic (exact) mass is 447 g/mol. The predicted molar refractivity (Wildman–Crippen MR) is 108 cm³/mol. The zero-order valence-electron chi connectivity index (χ0n) is 17.3. The number of phenolic OH excluding ortho intramolecular Hbond substituents is 1. The van der Waals surface area contributed by atoms with Crippen molar-refractivity contribution in [2.75, 3.05) is 5.32 Å². The molecule has 32 heavy (non-hydrogen) atoms. The molecule has 2 N–H and O–H groups in total. The van der Waals surface area contributed by atoms with Crippen molar-refractivity contribution in [1.82, 2.24) is 0 Å². The van der Waals surface area contributed by atoms with E-state index in [1.807, 2.05) is 20.8 Å². The summed E-state index contributed by atoms with van der Waals surface area (Å²) >= 11 is 0. The van der Waals surface area contributed by atoms with Gasteiger partial charge in [-0.05, 0) is 29.2 Å². The smallest absolute Gasteiger partial charge is 0.244 e. The molecule has 1 heterocycles. The number of carbonyl (C=O) groups is 1. The Morgan fingerprint density at radius 1 is 0.812 bits per heavy atom. The fraction of sp³-hybridized carbons (Fsp3) is 0.208. The molecule has 1 amide bonds. The number of carbonyl (C=O) groups excluding carboxylic acids is 1. The lowest BCUT2D eigenvalue weighted by molar-refractivity contribution is -0.118. The van der Waals surface area contributed by atoms with Crippen LogP contribution in [-0.4, -0.2) is 11.0 Å². The third-order valence-electron chi connectivity index (χ3n) is 5.77. The molecule has 0 saturated heterocycles. The van der Waals surface area contributed by atoms with Crippen LogP contribution in [-0.2, 0) is 15.6 Å². The number of phenols is 1. The number of hydrogen-bond donors (Lipinski definition) is 2. The van der Waals surface area contributed by atoms with E-state index >= 15 is 8.78 Å². The summed E-state index contributed by atoms with van der Waals surface area (Å²) in [5.41, 5.74) is -4.03. The molecule has 3 nitrogen and oxygen atoms in total. The molecule has 0 aliphatic carbocycles. The summed E-state index contributed by atoms with van der Waals surface area (Å²) in [5, 5.41) is 13.2. The van der Waals surface area contributed by atoms with Gasteiger partial charge in [-0.3, -0.25) is 4.79 Å². The second-order valence-corrected chi connectivity index (χ2v) is 8.68. The van der Waals surface area contributed by atoms with Crippen molar-refractivity contribution in [3.63, 3.8) is 0 Å². The van der Waals surface area contributed by atoms with Gasteiger partial charge in [0.1, 0.15) is 11.2 Å². The number of nitrogens with one attached hydrogen (secondary N) is 1. The minimum Gasteiger partial charge on any atom is -0.508 e. The zero-order valence-corrected chi connectivity index (χ0v) is 17.3. The topological polar surface area (TPSA) is 49.3 Å². The highest BCUT2D eigenvalue weighted by Gasteiger charge is 2.55. The van der Waals surface area contributed by atoms with E-state index in [1.54, 1.807) is 12.1 Å². The summed E-state index contributed by atoms with van der Waals surface area (Å²) in [4.78, 5) is 13.4. The standard InChI is InChI=1S/C24H18F5NO2/c1-23(2,3)11-8-9-15(31)13(10-11)24(12-6-4-5-7-14(12)30-22(24)32)16-17(25)19(27)21(29)20(28)18(16)26/h4-10,31H,1-3H3,(H,30,32). The first-order chi connectivity index (χ1) is 14.9. The number of anilines is 1. The average Bonchev–Trinajstić information content (AvgIpc) is 3.03. The first-order valence-electron chi connectivity index (χ1n) is 9.69. The van der Waals surface area contributed by atoms with Crippen molar-refractivity contribution in [1.29, 1.82) is 0 Å². The molecule has 0 fully saturated rings. The number of halogens is 5. The van der Waals surface area contributed by atoms with Crippen molar-refractivity contribution in [3.8, 4) is 5.75 Å². The number of aromatic hydroxyl groups is 1. The molecule has 0 saturated carbocycles. The Hall–Kier alpha value is -3.42. The van der Waals surface area contributed by atoms with E-state index in [2.05, 4.69) is 5.32 Å². The van der Waals surface area contributed by atoms with E-state index in [0.717, 1.165) is 0 Å². The van der Waals surface area contributed by atoms with E-state index in [4.69, 9.17) is 0 Å². The predicted octanol–water partition coefficient (Wildman–Crippen LogP) is 5.67. The van der Waals surface area contributed by atoms with E-state index in [9.17, 15) is 23.1 Å². The molecule has 0 radical (unpaired) electrons. The van der Waals surface area contributed by atoms with Crippen LogP contribution in [0.5, 0.6) is 5.75 Å². The number of benzene rings is 3. The summed E-state index contributed by atoms with van der Waals surface area (Å²) in [5.74, 6) is -12.6. The van der Waals surface area contributed by atoms with Gasteiger partial charge in [-0.15, -0.1) is 0 Å². The highest BCUT2D eigenvalue weighted by molar-refractivity contribution is 6.11. The lowest BCUT2D eigenvalue weighted by Crippen LogP contribution is -2.40. The van der Waals surface area contributed by atoms with Crippen molar-refractivity contribution in [2.24, 2.45) is 0 Å². The first kappa shape index (κ1) is 21.8. The molecule has 3 aromatic rings. The van der Waals surface area contributed by atoms with Gasteiger partial charge in [0.2, 0.25) is 11.7 Å².